The topological polar surface area (TPSA) is 141 Å². The molecule has 34 heavy (non-hydrogen) atoms. The first kappa shape index (κ1) is 25.3. The summed E-state index contributed by atoms with van der Waals surface area (Å²) in [5.41, 5.74) is 7.83. The maximum Gasteiger partial charge on any atom is 0.490 e. The van der Waals surface area contributed by atoms with Gasteiger partial charge in [0.2, 0.25) is 11.8 Å². The molecule has 3 aliphatic heterocycles. The number of benzene rings is 1. The molecule has 9 nitrogen and oxygen atoms in total. The summed E-state index contributed by atoms with van der Waals surface area (Å²) in [4.78, 5) is 48.4. The molecular formula is C21H20F3N3O6S. The Morgan fingerprint density at radius 2 is 1.79 bits per heavy atom. The van der Waals surface area contributed by atoms with Crippen LogP contribution in [0.1, 0.15) is 12.0 Å². The van der Waals surface area contributed by atoms with Crippen molar-refractivity contribution in [2.75, 3.05) is 12.3 Å². The van der Waals surface area contributed by atoms with Crippen LogP contribution in [0.25, 0.3) is 0 Å². The SMILES string of the molecule is N[C@@H]1C(=O)N2C(C(=O)O)=C(C=C3CCN(Cc4ccccc4)C3=O)CS[C@H]12.O=C(O)C(F)(F)F. The molecule has 0 bridgehead atoms. The molecule has 3 aliphatic rings. The Labute approximate surface area is 195 Å². The van der Waals surface area contributed by atoms with E-state index in [9.17, 15) is 32.7 Å². The molecule has 1 aromatic carbocycles. The van der Waals surface area contributed by atoms with Crippen molar-refractivity contribution in [3.05, 3.63) is 58.8 Å². The Kier molecular flexibility index (Phi) is 7.36. The summed E-state index contributed by atoms with van der Waals surface area (Å²) in [7, 11) is 0. The zero-order valence-corrected chi connectivity index (χ0v) is 18.3. The third-order valence-corrected chi connectivity index (χ3v) is 6.58. The molecule has 0 unspecified atom stereocenters. The number of halogens is 3. The van der Waals surface area contributed by atoms with Crippen LogP contribution in [-0.2, 0) is 25.7 Å². The molecule has 4 rings (SSSR count). The molecule has 2 amide bonds. The third kappa shape index (κ3) is 5.25. The number of β-lactam (4-membered cyclic amide) rings is 1. The van der Waals surface area contributed by atoms with Crippen LogP contribution < -0.4 is 5.73 Å². The molecule has 1 aromatic rings. The summed E-state index contributed by atoms with van der Waals surface area (Å²) >= 11 is 1.43. The molecular weight excluding hydrogens is 479 g/mol. The van der Waals surface area contributed by atoms with Crippen LogP contribution in [0.15, 0.2) is 53.3 Å². The van der Waals surface area contributed by atoms with Gasteiger partial charge in [-0.1, -0.05) is 30.3 Å². The molecule has 0 aromatic heterocycles. The van der Waals surface area contributed by atoms with E-state index in [1.807, 2.05) is 30.3 Å². The second-order valence-electron chi connectivity index (χ2n) is 7.55. The summed E-state index contributed by atoms with van der Waals surface area (Å²) in [5.74, 6) is -3.98. The molecule has 0 aliphatic carbocycles. The molecule has 182 valence electrons. The number of carboxylic acid groups (broad SMARTS) is 2. The fourth-order valence-corrected chi connectivity index (χ4v) is 4.87. The number of amides is 2. The van der Waals surface area contributed by atoms with Crippen LogP contribution in [0.5, 0.6) is 0 Å². The van der Waals surface area contributed by atoms with Gasteiger partial charge in [0.15, 0.2) is 0 Å². The van der Waals surface area contributed by atoms with Crippen molar-refractivity contribution in [2.45, 2.75) is 30.6 Å². The molecule has 0 saturated carbocycles. The van der Waals surface area contributed by atoms with Crippen LogP contribution in [0.2, 0.25) is 0 Å². The minimum atomic E-state index is -5.08. The van der Waals surface area contributed by atoms with Gasteiger partial charge in [-0.3, -0.25) is 14.5 Å². The zero-order valence-electron chi connectivity index (χ0n) is 17.5. The first-order chi connectivity index (χ1) is 15.9. The second-order valence-corrected chi connectivity index (χ2v) is 8.65. The fraction of sp³-hybridized carbons (Fsp3) is 0.333. The second kappa shape index (κ2) is 9.89. The number of nitrogens with zero attached hydrogens (tertiary/aromatic N) is 2. The lowest BCUT2D eigenvalue weighted by Crippen LogP contribution is -2.68. The smallest absolute Gasteiger partial charge is 0.477 e. The van der Waals surface area contributed by atoms with E-state index < -0.39 is 24.2 Å². The highest BCUT2D eigenvalue weighted by Gasteiger charge is 2.51. The summed E-state index contributed by atoms with van der Waals surface area (Å²) < 4.78 is 31.7. The molecule has 0 radical (unpaired) electrons. The maximum atomic E-state index is 12.7. The number of carbonyl (C=O) groups is 4. The van der Waals surface area contributed by atoms with E-state index in [0.717, 1.165) is 5.56 Å². The van der Waals surface area contributed by atoms with Crippen molar-refractivity contribution in [3.63, 3.8) is 0 Å². The number of fused-ring (bicyclic) bond motifs is 1. The van der Waals surface area contributed by atoms with E-state index in [1.54, 1.807) is 11.0 Å². The predicted molar refractivity (Wildman–Crippen MR) is 114 cm³/mol. The van der Waals surface area contributed by atoms with Gasteiger partial charge in [0, 0.05) is 24.4 Å². The lowest BCUT2D eigenvalue weighted by Gasteiger charge is -2.47. The van der Waals surface area contributed by atoms with Crippen molar-refractivity contribution in [3.8, 4) is 0 Å². The normalized spacial score (nSPS) is 23.4. The van der Waals surface area contributed by atoms with Crippen LogP contribution >= 0.6 is 11.8 Å². The molecule has 3 heterocycles. The molecule has 0 spiro atoms. The van der Waals surface area contributed by atoms with Crippen LogP contribution in [-0.4, -0.2) is 73.7 Å². The van der Waals surface area contributed by atoms with E-state index in [1.165, 1.54) is 16.7 Å². The van der Waals surface area contributed by atoms with Gasteiger partial charge in [-0.05, 0) is 23.6 Å². The van der Waals surface area contributed by atoms with Gasteiger partial charge < -0.3 is 20.8 Å². The standard InChI is InChI=1S/C19H19N3O4S.C2HF3O2/c20-14-17(24)22-15(19(25)26)13(10-27-18(14)22)8-12-6-7-21(16(12)23)9-11-4-2-1-3-5-11;3-2(4,5)1(6)7/h1-5,8,14,18H,6-7,9-10,20H2,(H,25,26);(H,6,7)/t14-,18-;/m1./s1. The number of carbonyl (C=O) groups excluding carboxylic acids is 2. The minimum absolute atomic E-state index is 0.0488. The van der Waals surface area contributed by atoms with Gasteiger partial charge in [0.05, 0.1) is 0 Å². The number of nitrogens with two attached hydrogens (primary N) is 1. The highest BCUT2D eigenvalue weighted by Crippen LogP contribution is 2.40. The Balaban J connectivity index is 0.000000406. The highest BCUT2D eigenvalue weighted by atomic mass is 32.2. The van der Waals surface area contributed by atoms with E-state index in [-0.39, 0.29) is 22.9 Å². The Morgan fingerprint density at radius 3 is 2.35 bits per heavy atom. The van der Waals surface area contributed by atoms with Crippen LogP contribution in [0.4, 0.5) is 13.2 Å². The van der Waals surface area contributed by atoms with Crippen LogP contribution in [0, 0.1) is 0 Å². The van der Waals surface area contributed by atoms with Gasteiger partial charge in [-0.15, -0.1) is 11.8 Å². The van der Waals surface area contributed by atoms with E-state index in [4.69, 9.17) is 15.6 Å². The molecule has 4 N–H and O–H groups in total. The number of allylic oxidation sites excluding steroid dienone is 1. The summed E-state index contributed by atoms with van der Waals surface area (Å²) in [5, 5.41) is 16.4. The van der Waals surface area contributed by atoms with Crippen molar-refractivity contribution in [1.82, 2.24) is 9.80 Å². The lowest BCUT2D eigenvalue weighted by atomic mass is 10.0. The van der Waals surface area contributed by atoms with Gasteiger partial charge in [-0.25, -0.2) is 9.59 Å². The van der Waals surface area contributed by atoms with Gasteiger partial charge >= 0.3 is 18.1 Å². The zero-order chi connectivity index (χ0) is 25.2. The number of likely N-dealkylation sites (tertiary alicyclic amines) is 1. The summed E-state index contributed by atoms with van der Waals surface area (Å²) in [6, 6.07) is 9.07. The first-order valence-corrected chi connectivity index (χ1v) is 11.0. The predicted octanol–water partition coefficient (Wildman–Crippen LogP) is 1.56. The van der Waals surface area contributed by atoms with E-state index in [2.05, 4.69) is 0 Å². The Bertz CT molecular complexity index is 1070. The average Bonchev–Trinajstić information content (AvgIpc) is 3.12. The largest absolute Gasteiger partial charge is 0.490 e. The maximum absolute atomic E-state index is 12.7. The van der Waals surface area contributed by atoms with E-state index in [0.29, 0.717) is 36.4 Å². The molecule has 2 saturated heterocycles. The average molecular weight is 499 g/mol. The van der Waals surface area contributed by atoms with Crippen LogP contribution in [0.3, 0.4) is 0 Å². The van der Waals surface area contributed by atoms with Crippen molar-refractivity contribution < 1.29 is 42.6 Å². The number of aliphatic carboxylic acids is 2. The number of hydrogen-bond donors (Lipinski definition) is 3. The summed E-state index contributed by atoms with van der Waals surface area (Å²) in [6.45, 7) is 1.12. The highest BCUT2D eigenvalue weighted by molar-refractivity contribution is 8.00. The summed E-state index contributed by atoms with van der Waals surface area (Å²) in [6.07, 6.45) is -2.87. The first-order valence-electron chi connectivity index (χ1n) is 9.92. The number of rotatable bonds is 4. The molecule has 13 heteroatoms. The number of hydrogen-bond acceptors (Lipinski definition) is 6. The number of thioether (sulfide) groups is 1. The fourth-order valence-electron chi connectivity index (χ4n) is 3.62. The monoisotopic (exact) mass is 499 g/mol. The Morgan fingerprint density at radius 1 is 1.18 bits per heavy atom. The molecule has 2 atom stereocenters. The van der Waals surface area contributed by atoms with Crippen molar-refractivity contribution in [1.29, 1.82) is 0 Å². The van der Waals surface area contributed by atoms with Crippen molar-refractivity contribution >= 4 is 35.5 Å². The minimum Gasteiger partial charge on any atom is -0.477 e. The van der Waals surface area contributed by atoms with Gasteiger partial charge in [0.1, 0.15) is 17.1 Å². The quantitative estimate of drug-likeness (QED) is 0.419. The van der Waals surface area contributed by atoms with Gasteiger partial charge in [0.25, 0.3) is 0 Å². The number of carboxylic acids is 2. The van der Waals surface area contributed by atoms with Gasteiger partial charge in [-0.2, -0.15) is 13.2 Å². The van der Waals surface area contributed by atoms with E-state index >= 15 is 0 Å². The Hall–Kier alpha value is -3.32. The molecule has 2 fully saturated rings. The number of alkyl halides is 3. The third-order valence-electron chi connectivity index (χ3n) is 5.26. The lowest BCUT2D eigenvalue weighted by molar-refractivity contribution is -0.192. The van der Waals surface area contributed by atoms with Crippen molar-refractivity contribution in [2.24, 2.45) is 5.73 Å².